The first-order valence-electron chi connectivity index (χ1n) is 6.86. The lowest BCUT2D eigenvalue weighted by molar-refractivity contribution is -0.145. The maximum absolute atomic E-state index is 12.1. The summed E-state index contributed by atoms with van der Waals surface area (Å²) in [4.78, 5) is 3.70. The van der Waals surface area contributed by atoms with E-state index in [2.05, 4.69) is 4.90 Å². The largest absolute Gasteiger partial charge is 0.401 e. The molecule has 0 N–H and O–H groups in total. The molecule has 5 heteroatoms. The summed E-state index contributed by atoms with van der Waals surface area (Å²) in [5, 5.41) is 0. The molecule has 2 nitrogen and oxygen atoms in total. The molecule has 2 saturated heterocycles. The zero-order valence-corrected chi connectivity index (χ0v) is 12.3. The van der Waals surface area contributed by atoms with Crippen molar-refractivity contribution in [3.8, 4) is 0 Å². The van der Waals surface area contributed by atoms with Crippen LogP contribution in [0.2, 0.25) is 0 Å². The summed E-state index contributed by atoms with van der Waals surface area (Å²) in [6, 6.07) is 0. The Hall–Kier alpha value is -0.290. The fourth-order valence-corrected chi connectivity index (χ4v) is 2.77. The lowest BCUT2D eigenvalue weighted by Gasteiger charge is -2.46. The van der Waals surface area contributed by atoms with E-state index in [1.807, 2.05) is 34.7 Å². The maximum Gasteiger partial charge on any atom is 0.401 e. The number of likely N-dealkylation sites (tertiary alicyclic amines) is 2. The van der Waals surface area contributed by atoms with Crippen molar-refractivity contribution < 1.29 is 13.2 Å². The fraction of sp³-hybridized carbons (Fsp3) is 1.00. The lowest BCUT2D eigenvalue weighted by Crippen LogP contribution is -2.55. The zero-order chi connectivity index (χ0) is 14.4. The van der Waals surface area contributed by atoms with Crippen molar-refractivity contribution in [3.05, 3.63) is 0 Å². The van der Waals surface area contributed by atoms with Gasteiger partial charge < -0.3 is 4.90 Å². The molecule has 2 rings (SSSR count). The number of rotatable bonds is 1. The van der Waals surface area contributed by atoms with Gasteiger partial charge in [0.25, 0.3) is 0 Å². The number of alkyl halides is 3. The highest BCUT2D eigenvalue weighted by Crippen LogP contribution is 2.39. The Morgan fingerprint density at radius 1 is 1.00 bits per heavy atom. The van der Waals surface area contributed by atoms with Crippen LogP contribution < -0.4 is 0 Å². The molecule has 110 valence electrons. The highest BCUT2D eigenvalue weighted by Gasteiger charge is 2.47. The monoisotopic (exact) mass is 268 g/mol. The summed E-state index contributed by atoms with van der Waals surface area (Å²) >= 11 is 0. The predicted octanol–water partition coefficient (Wildman–Crippen LogP) is 3.24. The average Bonchev–Trinajstić information content (AvgIpc) is 2.65. The zero-order valence-electron chi connectivity index (χ0n) is 12.3. The molecule has 0 aromatic heterocycles. The van der Waals surface area contributed by atoms with Crippen LogP contribution in [0.15, 0.2) is 0 Å². The highest BCUT2D eigenvalue weighted by molar-refractivity contribution is 5.00. The first-order valence-corrected chi connectivity index (χ1v) is 6.86. The quantitative estimate of drug-likeness (QED) is 0.720. The van der Waals surface area contributed by atoms with Crippen LogP contribution >= 0.6 is 0 Å². The summed E-state index contributed by atoms with van der Waals surface area (Å²) < 4.78 is 36.3. The van der Waals surface area contributed by atoms with Gasteiger partial charge in [-0.1, -0.05) is 27.7 Å². The first kappa shape index (κ1) is 17.7. The Kier molecular flexibility index (Phi) is 7.22. The fourth-order valence-electron chi connectivity index (χ4n) is 2.77. The predicted molar refractivity (Wildman–Crippen MR) is 69.7 cm³/mol. The van der Waals surface area contributed by atoms with Crippen LogP contribution in [-0.2, 0) is 0 Å². The molecule has 2 aliphatic rings. The van der Waals surface area contributed by atoms with Gasteiger partial charge in [0.15, 0.2) is 0 Å². The van der Waals surface area contributed by atoms with E-state index in [1.165, 1.54) is 4.90 Å². The first-order chi connectivity index (χ1) is 8.39. The lowest BCUT2D eigenvalue weighted by atomic mass is 9.79. The maximum atomic E-state index is 12.1. The van der Waals surface area contributed by atoms with Crippen LogP contribution in [0.1, 0.15) is 34.1 Å². The Labute approximate surface area is 109 Å². The molecule has 0 bridgehead atoms. The molecule has 0 aromatic carbocycles. The minimum Gasteiger partial charge on any atom is -0.305 e. The molecular formula is C13H27F3N2. The van der Waals surface area contributed by atoms with Crippen LogP contribution in [0.3, 0.4) is 0 Å². The van der Waals surface area contributed by atoms with Gasteiger partial charge in [-0.05, 0) is 20.0 Å². The molecule has 0 amide bonds. The van der Waals surface area contributed by atoms with Gasteiger partial charge in [0, 0.05) is 25.0 Å². The molecule has 1 spiro atoms. The molecule has 2 aliphatic heterocycles. The van der Waals surface area contributed by atoms with E-state index in [0.29, 0.717) is 13.1 Å². The van der Waals surface area contributed by atoms with E-state index >= 15 is 0 Å². The molecule has 0 radical (unpaired) electrons. The van der Waals surface area contributed by atoms with Crippen molar-refractivity contribution >= 4 is 0 Å². The van der Waals surface area contributed by atoms with E-state index in [-0.39, 0.29) is 5.41 Å². The Balaban J connectivity index is 0.000000659. The van der Waals surface area contributed by atoms with Crippen LogP contribution in [0, 0.1) is 5.41 Å². The molecule has 0 saturated carbocycles. The van der Waals surface area contributed by atoms with Gasteiger partial charge in [-0.15, -0.1) is 0 Å². The van der Waals surface area contributed by atoms with Gasteiger partial charge in [0.2, 0.25) is 0 Å². The van der Waals surface area contributed by atoms with E-state index in [1.54, 1.807) is 0 Å². The Morgan fingerprint density at radius 2 is 1.50 bits per heavy atom. The molecule has 0 aliphatic carbocycles. The topological polar surface area (TPSA) is 6.48 Å². The van der Waals surface area contributed by atoms with Crippen molar-refractivity contribution in [1.82, 2.24) is 9.80 Å². The van der Waals surface area contributed by atoms with E-state index < -0.39 is 12.7 Å². The van der Waals surface area contributed by atoms with Gasteiger partial charge in [-0.2, -0.15) is 13.2 Å². The van der Waals surface area contributed by atoms with Gasteiger partial charge in [-0.3, -0.25) is 4.90 Å². The van der Waals surface area contributed by atoms with Gasteiger partial charge in [-0.25, -0.2) is 0 Å². The molecule has 0 atom stereocenters. The van der Waals surface area contributed by atoms with E-state index in [0.717, 1.165) is 19.5 Å². The second-order valence-electron chi connectivity index (χ2n) is 4.75. The molecule has 0 unspecified atom stereocenters. The minimum absolute atomic E-state index is 0.181. The summed E-state index contributed by atoms with van der Waals surface area (Å²) in [6.07, 6.45) is -3.12. The van der Waals surface area contributed by atoms with Crippen molar-refractivity contribution in [1.29, 1.82) is 0 Å². The summed E-state index contributed by atoms with van der Waals surface area (Å²) in [5.41, 5.74) is 0.181. The minimum atomic E-state index is -4.04. The molecule has 18 heavy (non-hydrogen) atoms. The van der Waals surface area contributed by atoms with Crippen LogP contribution in [0.5, 0.6) is 0 Å². The van der Waals surface area contributed by atoms with E-state index in [9.17, 15) is 13.2 Å². The van der Waals surface area contributed by atoms with Crippen molar-refractivity contribution in [2.75, 3.05) is 39.8 Å². The summed E-state index contributed by atoms with van der Waals surface area (Å²) in [7, 11) is 2.01. The van der Waals surface area contributed by atoms with Gasteiger partial charge in [0.1, 0.15) is 0 Å². The number of hydrogen-bond acceptors (Lipinski definition) is 2. The smallest absolute Gasteiger partial charge is 0.305 e. The molecule has 0 aromatic rings. The number of hydrogen-bond donors (Lipinski definition) is 0. The van der Waals surface area contributed by atoms with Crippen LogP contribution in [-0.4, -0.2) is 55.7 Å². The van der Waals surface area contributed by atoms with E-state index in [4.69, 9.17) is 0 Å². The Morgan fingerprint density at radius 3 is 1.89 bits per heavy atom. The number of nitrogens with zero attached hydrogens (tertiary/aromatic N) is 2. The third-order valence-corrected chi connectivity index (χ3v) is 3.13. The van der Waals surface area contributed by atoms with Crippen LogP contribution in [0.4, 0.5) is 13.2 Å². The standard InChI is InChI=1S/C9H15F3N2.2C2H6/c1-13-4-8(5-13)2-3-14(6-8)7-9(10,11)12;2*1-2/h2-7H2,1H3;2*1-2H3. The molecular weight excluding hydrogens is 241 g/mol. The van der Waals surface area contributed by atoms with Crippen LogP contribution in [0.25, 0.3) is 0 Å². The Bertz CT molecular complexity index is 223. The molecule has 2 fully saturated rings. The second kappa shape index (κ2) is 7.34. The van der Waals surface area contributed by atoms with Gasteiger partial charge in [0.05, 0.1) is 6.54 Å². The highest BCUT2D eigenvalue weighted by atomic mass is 19.4. The second-order valence-corrected chi connectivity index (χ2v) is 4.75. The van der Waals surface area contributed by atoms with Gasteiger partial charge >= 0.3 is 6.18 Å². The third kappa shape index (κ3) is 5.14. The van der Waals surface area contributed by atoms with Crippen molar-refractivity contribution in [2.24, 2.45) is 5.41 Å². The molecule has 2 heterocycles. The van der Waals surface area contributed by atoms with Crippen molar-refractivity contribution in [2.45, 2.75) is 40.3 Å². The number of halogens is 3. The third-order valence-electron chi connectivity index (χ3n) is 3.13. The summed E-state index contributed by atoms with van der Waals surface area (Å²) in [6.45, 7) is 10.4. The normalized spacial score (nSPS) is 22.7. The summed E-state index contributed by atoms with van der Waals surface area (Å²) in [5.74, 6) is 0. The SMILES string of the molecule is CC.CC.CN1CC2(CCN(CC(F)(F)F)C2)C1. The van der Waals surface area contributed by atoms with Crippen molar-refractivity contribution in [3.63, 3.8) is 0 Å². The average molecular weight is 268 g/mol.